The van der Waals surface area contributed by atoms with E-state index in [4.69, 9.17) is 22.1 Å². The van der Waals surface area contributed by atoms with Gasteiger partial charge in [-0.2, -0.15) is 0 Å². The minimum Gasteiger partial charge on any atom is -0.370 e. The van der Waals surface area contributed by atoms with Crippen molar-refractivity contribution in [2.45, 2.75) is 19.1 Å². The Morgan fingerprint density at radius 1 is 1.21 bits per heavy atom. The number of nitrogens with two attached hydrogens (primary N) is 1. The van der Waals surface area contributed by atoms with Crippen LogP contribution >= 0.6 is 11.6 Å². The second kappa shape index (κ2) is 7.34. The zero-order valence-corrected chi connectivity index (χ0v) is 14.4. The summed E-state index contributed by atoms with van der Waals surface area (Å²) < 4.78 is 5.81. The van der Waals surface area contributed by atoms with Crippen LogP contribution < -0.4 is 5.73 Å². The molecule has 0 aromatic heterocycles. The first-order valence-electron chi connectivity index (χ1n) is 8.02. The number of halogens is 1. The van der Waals surface area contributed by atoms with Crippen LogP contribution in [0.5, 0.6) is 0 Å². The predicted molar refractivity (Wildman–Crippen MR) is 94.8 cm³/mol. The van der Waals surface area contributed by atoms with Crippen molar-refractivity contribution in [3.63, 3.8) is 0 Å². The molecule has 24 heavy (non-hydrogen) atoms. The number of carbonyl (C=O) groups is 1. The Balaban J connectivity index is 1.70. The lowest BCUT2D eigenvalue weighted by molar-refractivity contribution is -0.140. The SMILES string of the molecule is Cc1ccc(C(N)C(=O)N2CCOC(c3ccc(Cl)cc3)C2)cc1. The summed E-state index contributed by atoms with van der Waals surface area (Å²) in [5, 5.41) is 0.684. The highest BCUT2D eigenvalue weighted by Crippen LogP contribution is 2.25. The smallest absolute Gasteiger partial charge is 0.244 e. The van der Waals surface area contributed by atoms with Crippen molar-refractivity contribution >= 4 is 17.5 Å². The molecule has 2 N–H and O–H groups in total. The Morgan fingerprint density at radius 3 is 2.54 bits per heavy atom. The Hall–Kier alpha value is -1.88. The molecule has 3 rings (SSSR count). The molecule has 2 aromatic rings. The lowest BCUT2D eigenvalue weighted by Crippen LogP contribution is -2.46. The molecule has 1 saturated heterocycles. The third kappa shape index (κ3) is 3.78. The lowest BCUT2D eigenvalue weighted by Gasteiger charge is -2.34. The van der Waals surface area contributed by atoms with E-state index in [0.717, 1.165) is 16.7 Å². The number of hydrogen-bond donors (Lipinski definition) is 1. The van der Waals surface area contributed by atoms with E-state index >= 15 is 0 Å². The van der Waals surface area contributed by atoms with Gasteiger partial charge in [-0.15, -0.1) is 0 Å². The number of morpholine rings is 1. The topological polar surface area (TPSA) is 55.6 Å². The van der Waals surface area contributed by atoms with E-state index in [9.17, 15) is 4.79 Å². The minimum absolute atomic E-state index is 0.0684. The maximum Gasteiger partial charge on any atom is 0.244 e. The maximum absolute atomic E-state index is 12.7. The van der Waals surface area contributed by atoms with Gasteiger partial charge in [-0.25, -0.2) is 0 Å². The Bertz CT molecular complexity index is 700. The fourth-order valence-electron chi connectivity index (χ4n) is 2.84. The highest BCUT2D eigenvalue weighted by Gasteiger charge is 2.29. The largest absolute Gasteiger partial charge is 0.370 e. The molecule has 2 unspecified atom stereocenters. The number of carbonyl (C=O) groups excluding carboxylic acids is 1. The zero-order valence-electron chi connectivity index (χ0n) is 13.6. The number of rotatable bonds is 3. The number of aryl methyl sites for hydroxylation is 1. The number of benzene rings is 2. The molecule has 2 aromatic carbocycles. The fraction of sp³-hybridized carbons (Fsp3) is 0.316. The molecule has 1 aliphatic heterocycles. The van der Waals surface area contributed by atoms with Crippen LogP contribution in [0.4, 0.5) is 0 Å². The van der Waals surface area contributed by atoms with Crippen LogP contribution in [0, 0.1) is 6.92 Å². The zero-order chi connectivity index (χ0) is 17.1. The van der Waals surface area contributed by atoms with Crippen molar-refractivity contribution in [2.75, 3.05) is 19.7 Å². The Labute approximate surface area is 147 Å². The molecule has 2 atom stereocenters. The molecule has 5 heteroatoms. The summed E-state index contributed by atoms with van der Waals surface area (Å²) >= 11 is 5.93. The molecular formula is C19H21ClN2O2. The van der Waals surface area contributed by atoms with Crippen LogP contribution in [0.1, 0.15) is 28.8 Å². The van der Waals surface area contributed by atoms with Crippen molar-refractivity contribution in [2.24, 2.45) is 5.73 Å². The van der Waals surface area contributed by atoms with Gasteiger partial charge in [0.1, 0.15) is 12.1 Å². The van der Waals surface area contributed by atoms with Crippen LogP contribution in [0.15, 0.2) is 48.5 Å². The molecular weight excluding hydrogens is 324 g/mol. The number of ether oxygens (including phenoxy) is 1. The van der Waals surface area contributed by atoms with Crippen molar-refractivity contribution < 1.29 is 9.53 Å². The summed E-state index contributed by atoms with van der Waals surface area (Å²) in [4.78, 5) is 14.5. The summed E-state index contributed by atoms with van der Waals surface area (Å²) in [5.74, 6) is -0.0684. The van der Waals surface area contributed by atoms with Gasteiger partial charge in [0.2, 0.25) is 5.91 Å². The van der Waals surface area contributed by atoms with E-state index in [1.54, 1.807) is 4.90 Å². The molecule has 0 radical (unpaired) electrons. The standard InChI is InChI=1S/C19H21ClN2O2/c1-13-2-4-15(5-3-13)18(21)19(23)22-10-11-24-17(12-22)14-6-8-16(20)9-7-14/h2-9,17-18H,10-12,21H2,1H3. The summed E-state index contributed by atoms with van der Waals surface area (Å²) in [6, 6.07) is 14.6. The normalized spacial score (nSPS) is 19.1. The molecule has 1 amide bonds. The van der Waals surface area contributed by atoms with Gasteiger partial charge in [0.15, 0.2) is 0 Å². The third-order valence-corrected chi connectivity index (χ3v) is 4.57. The second-order valence-electron chi connectivity index (χ2n) is 6.08. The number of amides is 1. The van der Waals surface area contributed by atoms with Crippen LogP contribution in [0.25, 0.3) is 0 Å². The van der Waals surface area contributed by atoms with Gasteiger partial charge in [-0.05, 0) is 30.2 Å². The molecule has 0 aliphatic carbocycles. The van der Waals surface area contributed by atoms with E-state index in [1.165, 1.54) is 0 Å². The average Bonchev–Trinajstić information content (AvgIpc) is 2.62. The molecule has 0 bridgehead atoms. The van der Waals surface area contributed by atoms with Gasteiger partial charge in [0, 0.05) is 11.6 Å². The predicted octanol–water partition coefficient (Wildman–Crippen LogP) is 3.25. The number of hydrogen-bond acceptors (Lipinski definition) is 3. The average molecular weight is 345 g/mol. The van der Waals surface area contributed by atoms with Crippen LogP contribution in [-0.2, 0) is 9.53 Å². The monoisotopic (exact) mass is 344 g/mol. The third-order valence-electron chi connectivity index (χ3n) is 4.32. The van der Waals surface area contributed by atoms with Gasteiger partial charge >= 0.3 is 0 Å². The van der Waals surface area contributed by atoms with Crippen molar-refractivity contribution in [1.82, 2.24) is 4.90 Å². The van der Waals surface area contributed by atoms with Gasteiger partial charge in [0.05, 0.1) is 13.2 Å². The first-order chi connectivity index (χ1) is 11.5. The minimum atomic E-state index is -0.644. The maximum atomic E-state index is 12.7. The van der Waals surface area contributed by atoms with Gasteiger partial charge < -0.3 is 15.4 Å². The second-order valence-corrected chi connectivity index (χ2v) is 6.52. The van der Waals surface area contributed by atoms with Crippen LogP contribution in [0.2, 0.25) is 5.02 Å². The van der Waals surface area contributed by atoms with Crippen LogP contribution in [0.3, 0.4) is 0 Å². The van der Waals surface area contributed by atoms with E-state index < -0.39 is 6.04 Å². The molecule has 1 fully saturated rings. The molecule has 1 heterocycles. The van der Waals surface area contributed by atoms with E-state index in [2.05, 4.69) is 0 Å². The Morgan fingerprint density at radius 2 is 1.88 bits per heavy atom. The van der Waals surface area contributed by atoms with Crippen molar-refractivity contribution in [1.29, 1.82) is 0 Å². The van der Waals surface area contributed by atoms with Crippen LogP contribution in [-0.4, -0.2) is 30.5 Å². The summed E-state index contributed by atoms with van der Waals surface area (Å²) in [6.45, 7) is 3.57. The molecule has 0 saturated carbocycles. The van der Waals surface area contributed by atoms with Gasteiger partial charge in [-0.3, -0.25) is 4.79 Å². The van der Waals surface area contributed by atoms with E-state index in [-0.39, 0.29) is 12.0 Å². The molecule has 4 nitrogen and oxygen atoms in total. The first kappa shape index (κ1) is 17.0. The highest BCUT2D eigenvalue weighted by atomic mass is 35.5. The molecule has 126 valence electrons. The van der Waals surface area contributed by atoms with Crippen molar-refractivity contribution in [3.05, 3.63) is 70.2 Å². The summed E-state index contributed by atoms with van der Waals surface area (Å²) in [6.07, 6.45) is -0.148. The summed E-state index contributed by atoms with van der Waals surface area (Å²) in [5.41, 5.74) is 9.17. The van der Waals surface area contributed by atoms with E-state index in [0.29, 0.717) is 24.7 Å². The quantitative estimate of drug-likeness (QED) is 0.929. The lowest BCUT2D eigenvalue weighted by atomic mass is 10.0. The van der Waals surface area contributed by atoms with E-state index in [1.807, 2.05) is 55.5 Å². The number of nitrogens with zero attached hydrogens (tertiary/aromatic N) is 1. The van der Waals surface area contributed by atoms with Gasteiger partial charge in [0.25, 0.3) is 0 Å². The molecule has 0 spiro atoms. The Kier molecular flexibility index (Phi) is 5.19. The highest BCUT2D eigenvalue weighted by molar-refractivity contribution is 6.30. The molecule has 1 aliphatic rings. The first-order valence-corrected chi connectivity index (χ1v) is 8.40. The summed E-state index contributed by atoms with van der Waals surface area (Å²) in [7, 11) is 0. The van der Waals surface area contributed by atoms with Gasteiger partial charge in [-0.1, -0.05) is 53.6 Å². The fourth-order valence-corrected chi connectivity index (χ4v) is 2.97. The van der Waals surface area contributed by atoms with Crippen molar-refractivity contribution in [3.8, 4) is 0 Å².